The average Bonchev–Trinajstić information content (AvgIpc) is 3.09. The molecule has 0 N–H and O–H groups in total. The summed E-state index contributed by atoms with van der Waals surface area (Å²) in [6.07, 6.45) is 9.27. The van der Waals surface area contributed by atoms with Crippen LogP contribution in [0.2, 0.25) is 10.0 Å². The first-order chi connectivity index (χ1) is 11.2. The number of hydrogen-bond acceptors (Lipinski definition) is 2. The van der Waals surface area contributed by atoms with E-state index in [4.69, 9.17) is 29.6 Å². The van der Waals surface area contributed by atoms with E-state index in [0.29, 0.717) is 16.5 Å². The van der Waals surface area contributed by atoms with Gasteiger partial charge in [0.2, 0.25) is 0 Å². The third kappa shape index (κ3) is 2.84. The highest BCUT2D eigenvalue weighted by Crippen LogP contribution is 2.37. The first kappa shape index (κ1) is 15.6. The monoisotopic (exact) mass is 341 g/mol. The van der Waals surface area contributed by atoms with Gasteiger partial charge in [0, 0.05) is 16.5 Å². The highest BCUT2D eigenvalue weighted by molar-refractivity contribution is 6.30. The zero-order valence-corrected chi connectivity index (χ0v) is 13.7. The summed E-state index contributed by atoms with van der Waals surface area (Å²) in [6, 6.07) is 15.2. The maximum Gasteiger partial charge on any atom is 0.137 e. The molecule has 0 aliphatic heterocycles. The van der Waals surface area contributed by atoms with Crippen molar-refractivity contribution in [3.05, 3.63) is 82.4 Å². The molecule has 5 heteroatoms. The zero-order valence-electron chi connectivity index (χ0n) is 12.2. The van der Waals surface area contributed by atoms with Crippen LogP contribution in [0.5, 0.6) is 0 Å². The molecule has 114 valence electrons. The van der Waals surface area contributed by atoms with Crippen LogP contribution in [-0.4, -0.2) is 14.8 Å². The van der Waals surface area contributed by atoms with E-state index in [1.54, 1.807) is 11.0 Å². The number of hydrogen-bond donors (Lipinski definition) is 0. The highest BCUT2D eigenvalue weighted by Gasteiger charge is 2.36. The predicted molar refractivity (Wildman–Crippen MR) is 92.6 cm³/mol. The van der Waals surface area contributed by atoms with Crippen molar-refractivity contribution < 1.29 is 0 Å². The Morgan fingerprint density at radius 3 is 1.87 bits per heavy atom. The van der Waals surface area contributed by atoms with E-state index in [0.717, 1.165) is 11.1 Å². The van der Waals surface area contributed by atoms with Gasteiger partial charge in [0.05, 0.1) is 0 Å². The van der Waals surface area contributed by atoms with Crippen LogP contribution in [0.3, 0.4) is 0 Å². The molecule has 0 fully saturated rings. The van der Waals surface area contributed by atoms with E-state index < -0.39 is 5.54 Å². The van der Waals surface area contributed by atoms with E-state index in [2.05, 4.69) is 16.0 Å². The van der Waals surface area contributed by atoms with E-state index in [1.165, 1.54) is 6.33 Å². The van der Waals surface area contributed by atoms with Gasteiger partial charge in [0.25, 0.3) is 0 Å². The van der Waals surface area contributed by atoms with Crippen LogP contribution in [0, 0.1) is 12.3 Å². The predicted octanol–water partition coefficient (Wildman–Crippen LogP) is 4.40. The Morgan fingerprint density at radius 1 is 0.957 bits per heavy atom. The van der Waals surface area contributed by atoms with E-state index >= 15 is 0 Å². The van der Waals surface area contributed by atoms with Crippen LogP contribution in [0.15, 0.2) is 61.2 Å². The molecule has 0 saturated carbocycles. The lowest BCUT2D eigenvalue weighted by atomic mass is 9.80. The summed E-state index contributed by atoms with van der Waals surface area (Å²) in [6.45, 7) is 0. The third-order valence-corrected chi connectivity index (χ3v) is 4.32. The maximum absolute atomic E-state index is 6.04. The van der Waals surface area contributed by atoms with Gasteiger partial charge in [-0.3, -0.25) is 0 Å². The Morgan fingerprint density at radius 2 is 1.48 bits per heavy atom. The van der Waals surface area contributed by atoms with Crippen molar-refractivity contribution in [2.75, 3.05) is 0 Å². The fourth-order valence-corrected chi connectivity index (χ4v) is 2.97. The van der Waals surface area contributed by atoms with Crippen molar-refractivity contribution >= 4 is 23.2 Å². The Kier molecular flexibility index (Phi) is 4.38. The third-order valence-electron chi connectivity index (χ3n) is 3.81. The summed E-state index contributed by atoms with van der Waals surface area (Å²) < 4.78 is 1.78. The van der Waals surface area contributed by atoms with Gasteiger partial charge < -0.3 is 0 Å². The molecule has 3 nitrogen and oxygen atoms in total. The number of rotatable bonds is 4. The second-order valence-corrected chi connectivity index (χ2v) is 5.97. The van der Waals surface area contributed by atoms with E-state index in [9.17, 15) is 0 Å². The smallest absolute Gasteiger partial charge is 0.137 e. The van der Waals surface area contributed by atoms with Gasteiger partial charge in [-0.25, -0.2) is 9.67 Å². The Hall–Kier alpha value is -2.28. The normalized spacial score (nSPS) is 11.2. The number of aromatic nitrogens is 3. The van der Waals surface area contributed by atoms with Crippen molar-refractivity contribution in [2.24, 2.45) is 0 Å². The van der Waals surface area contributed by atoms with Crippen LogP contribution in [0.4, 0.5) is 0 Å². The lowest BCUT2D eigenvalue weighted by molar-refractivity contribution is 0.395. The highest BCUT2D eigenvalue weighted by atomic mass is 35.5. The first-order valence-corrected chi connectivity index (χ1v) is 7.73. The van der Waals surface area contributed by atoms with Crippen molar-refractivity contribution in [1.82, 2.24) is 14.8 Å². The second-order valence-electron chi connectivity index (χ2n) is 5.10. The number of benzene rings is 2. The summed E-state index contributed by atoms with van der Waals surface area (Å²) in [5.41, 5.74) is 1.29. The Balaban J connectivity index is 2.29. The fourth-order valence-electron chi connectivity index (χ4n) is 2.72. The topological polar surface area (TPSA) is 30.7 Å². The summed E-state index contributed by atoms with van der Waals surface area (Å²) >= 11 is 12.1. The molecule has 0 spiro atoms. The lowest BCUT2D eigenvalue weighted by Gasteiger charge is -2.33. The minimum Gasteiger partial charge on any atom is -0.237 e. The number of nitrogens with zero attached hydrogens (tertiary/aromatic N) is 3. The number of terminal acetylenes is 1. The van der Waals surface area contributed by atoms with Crippen LogP contribution in [0.25, 0.3) is 0 Å². The van der Waals surface area contributed by atoms with Crippen molar-refractivity contribution in [3.63, 3.8) is 0 Å². The quantitative estimate of drug-likeness (QED) is 0.658. The van der Waals surface area contributed by atoms with Gasteiger partial charge >= 0.3 is 0 Å². The van der Waals surface area contributed by atoms with Crippen LogP contribution in [0.1, 0.15) is 17.5 Å². The largest absolute Gasteiger partial charge is 0.237 e. The minimum absolute atomic E-state index is 0.416. The molecular weight excluding hydrogens is 329 g/mol. The van der Waals surface area contributed by atoms with Gasteiger partial charge in [0.1, 0.15) is 18.2 Å². The van der Waals surface area contributed by atoms with Crippen molar-refractivity contribution in [1.29, 1.82) is 0 Å². The van der Waals surface area contributed by atoms with Crippen LogP contribution < -0.4 is 0 Å². The van der Waals surface area contributed by atoms with Gasteiger partial charge in [-0.05, 0) is 35.4 Å². The van der Waals surface area contributed by atoms with Crippen molar-refractivity contribution in [2.45, 2.75) is 12.0 Å². The van der Waals surface area contributed by atoms with Crippen LogP contribution in [-0.2, 0) is 5.54 Å². The van der Waals surface area contributed by atoms with E-state index in [1.807, 2.05) is 48.5 Å². The molecule has 0 radical (unpaired) electrons. The number of halogens is 2. The van der Waals surface area contributed by atoms with E-state index in [-0.39, 0.29) is 0 Å². The molecule has 1 heterocycles. The minimum atomic E-state index is -0.666. The van der Waals surface area contributed by atoms with Crippen LogP contribution >= 0.6 is 23.2 Å². The van der Waals surface area contributed by atoms with Gasteiger partial charge in [0.15, 0.2) is 0 Å². The van der Waals surface area contributed by atoms with Gasteiger partial charge in [-0.15, -0.1) is 12.3 Å². The standard InChI is InChI=1S/C18H13Cl2N3/c1-2-11-18(23-13-21-12-22-23,14-3-7-16(19)8-4-14)15-5-9-17(20)10-6-15/h1,3-10,12-13H,11H2. The molecule has 0 atom stereocenters. The Labute approximate surface area is 144 Å². The molecular formula is C18H13Cl2N3. The van der Waals surface area contributed by atoms with Crippen molar-refractivity contribution in [3.8, 4) is 12.3 Å². The summed E-state index contributed by atoms with van der Waals surface area (Å²) in [7, 11) is 0. The molecule has 3 rings (SSSR count). The molecule has 1 aromatic heterocycles. The molecule has 0 saturated heterocycles. The molecule has 0 amide bonds. The molecule has 0 bridgehead atoms. The lowest BCUT2D eigenvalue weighted by Crippen LogP contribution is -2.36. The molecule has 0 aliphatic rings. The molecule has 0 aliphatic carbocycles. The summed E-state index contributed by atoms with van der Waals surface area (Å²) in [4.78, 5) is 4.09. The molecule has 0 unspecified atom stereocenters. The maximum atomic E-state index is 6.04. The molecule has 23 heavy (non-hydrogen) atoms. The first-order valence-electron chi connectivity index (χ1n) is 6.97. The summed E-state index contributed by atoms with van der Waals surface area (Å²) in [5, 5.41) is 5.68. The Bertz CT molecular complexity index is 771. The fraction of sp³-hybridized carbons (Fsp3) is 0.111. The second kappa shape index (κ2) is 6.45. The van der Waals surface area contributed by atoms with Gasteiger partial charge in [-0.1, -0.05) is 47.5 Å². The van der Waals surface area contributed by atoms with Gasteiger partial charge in [-0.2, -0.15) is 5.10 Å². The molecule has 2 aromatic carbocycles. The zero-order chi connectivity index (χ0) is 16.3. The SMILES string of the molecule is C#CCC(c1ccc(Cl)cc1)(c1ccc(Cl)cc1)n1cncn1. The molecule has 3 aromatic rings. The summed E-state index contributed by atoms with van der Waals surface area (Å²) in [5.74, 6) is 2.77. The average molecular weight is 342 g/mol.